The average molecular weight is 287 g/mol. The van der Waals surface area contributed by atoms with Gasteiger partial charge in [0.2, 0.25) is 0 Å². The summed E-state index contributed by atoms with van der Waals surface area (Å²) in [7, 11) is 0. The molecule has 1 aliphatic rings. The van der Waals surface area contributed by atoms with Gasteiger partial charge in [-0.3, -0.25) is 4.79 Å². The van der Waals surface area contributed by atoms with E-state index < -0.39 is 6.61 Å². The average Bonchev–Trinajstić information content (AvgIpc) is 2.59. The third kappa shape index (κ3) is 3.27. The standard InChI is InChI=1S/C11H7F2NO2S2/c12-10(13)16-7-3-1-6(2-4-7)5-8-9(15)14-11(17)18-8/h1-5,10H,(H,14,15,17)/b8-5+. The molecule has 0 aromatic heterocycles. The highest BCUT2D eigenvalue weighted by atomic mass is 32.2. The Bertz CT molecular complexity index is 514. The number of thiocarbonyl (C=S) groups is 1. The molecule has 3 nitrogen and oxygen atoms in total. The van der Waals surface area contributed by atoms with E-state index in [-0.39, 0.29) is 11.7 Å². The van der Waals surface area contributed by atoms with Crippen LogP contribution in [0.15, 0.2) is 29.2 Å². The Morgan fingerprint density at radius 3 is 2.50 bits per heavy atom. The molecule has 1 fully saturated rings. The lowest BCUT2D eigenvalue weighted by Crippen LogP contribution is -2.17. The molecule has 1 aromatic rings. The van der Waals surface area contributed by atoms with Crippen molar-refractivity contribution in [1.29, 1.82) is 0 Å². The summed E-state index contributed by atoms with van der Waals surface area (Å²) < 4.78 is 28.5. The van der Waals surface area contributed by atoms with Gasteiger partial charge in [-0.05, 0) is 23.8 Å². The maximum atomic E-state index is 11.9. The Morgan fingerprint density at radius 2 is 2.00 bits per heavy atom. The summed E-state index contributed by atoms with van der Waals surface area (Å²) in [6, 6.07) is 5.99. The highest BCUT2D eigenvalue weighted by Crippen LogP contribution is 2.26. The number of hydrogen-bond donors (Lipinski definition) is 1. The molecule has 0 radical (unpaired) electrons. The van der Waals surface area contributed by atoms with Gasteiger partial charge in [0.25, 0.3) is 5.91 Å². The van der Waals surface area contributed by atoms with Gasteiger partial charge >= 0.3 is 6.61 Å². The number of halogens is 2. The molecular weight excluding hydrogens is 280 g/mol. The maximum Gasteiger partial charge on any atom is 0.387 e. The SMILES string of the molecule is O=C1NC(=S)S/C1=C/c1ccc(OC(F)F)cc1. The van der Waals surface area contributed by atoms with Crippen LogP contribution in [0.3, 0.4) is 0 Å². The first-order valence-corrected chi connectivity index (χ1v) is 6.07. The van der Waals surface area contributed by atoms with Gasteiger partial charge in [0.05, 0.1) is 4.91 Å². The second-order valence-electron chi connectivity index (χ2n) is 3.30. The number of thioether (sulfide) groups is 1. The number of benzene rings is 1. The van der Waals surface area contributed by atoms with E-state index in [4.69, 9.17) is 12.2 Å². The zero-order valence-corrected chi connectivity index (χ0v) is 10.5. The van der Waals surface area contributed by atoms with E-state index in [0.717, 1.165) is 11.8 Å². The molecule has 7 heteroatoms. The van der Waals surface area contributed by atoms with Gasteiger partial charge in [-0.15, -0.1) is 0 Å². The van der Waals surface area contributed by atoms with E-state index in [1.54, 1.807) is 18.2 Å². The topological polar surface area (TPSA) is 38.3 Å². The van der Waals surface area contributed by atoms with E-state index in [9.17, 15) is 13.6 Å². The van der Waals surface area contributed by atoms with Crippen molar-refractivity contribution in [1.82, 2.24) is 5.32 Å². The molecule has 2 rings (SSSR count). The Morgan fingerprint density at radius 1 is 1.33 bits per heavy atom. The fourth-order valence-electron chi connectivity index (χ4n) is 1.32. The van der Waals surface area contributed by atoms with E-state index in [0.29, 0.717) is 14.8 Å². The molecule has 94 valence electrons. The van der Waals surface area contributed by atoms with Crippen LogP contribution in [0.1, 0.15) is 5.56 Å². The molecule has 1 aliphatic heterocycles. The first kappa shape index (κ1) is 13.0. The van der Waals surface area contributed by atoms with Gasteiger partial charge in [0.15, 0.2) is 0 Å². The van der Waals surface area contributed by atoms with Gasteiger partial charge < -0.3 is 10.1 Å². The zero-order chi connectivity index (χ0) is 13.1. The Kier molecular flexibility index (Phi) is 3.93. The maximum absolute atomic E-state index is 11.9. The molecule has 0 saturated carbocycles. The molecule has 0 aliphatic carbocycles. The number of nitrogens with one attached hydrogen (secondary N) is 1. The monoisotopic (exact) mass is 287 g/mol. The summed E-state index contributed by atoms with van der Waals surface area (Å²) in [6.45, 7) is -2.84. The van der Waals surface area contributed by atoms with Crippen molar-refractivity contribution in [3.05, 3.63) is 34.7 Å². The van der Waals surface area contributed by atoms with E-state index in [2.05, 4.69) is 10.1 Å². The lowest BCUT2D eigenvalue weighted by molar-refractivity contribution is -0.115. The van der Waals surface area contributed by atoms with Crippen LogP contribution in [-0.4, -0.2) is 16.8 Å². The number of carbonyl (C=O) groups is 1. The van der Waals surface area contributed by atoms with E-state index in [1.165, 1.54) is 12.1 Å². The molecule has 1 saturated heterocycles. The number of ether oxygens (including phenoxy) is 1. The van der Waals surface area contributed by atoms with Crippen LogP contribution in [-0.2, 0) is 4.79 Å². The summed E-state index contributed by atoms with van der Waals surface area (Å²) in [5.74, 6) is -0.177. The van der Waals surface area contributed by atoms with Crippen molar-refractivity contribution in [3.8, 4) is 5.75 Å². The molecule has 1 heterocycles. The third-order valence-corrected chi connectivity index (χ3v) is 3.21. The number of amides is 1. The van der Waals surface area contributed by atoms with Gasteiger partial charge in [-0.25, -0.2) is 0 Å². The Balaban J connectivity index is 2.13. The fraction of sp³-hybridized carbons (Fsp3) is 0.0909. The minimum Gasteiger partial charge on any atom is -0.435 e. The molecule has 1 aromatic carbocycles. The van der Waals surface area contributed by atoms with Crippen molar-refractivity contribution in [3.63, 3.8) is 0 Å². The number of carbonyl (C=O) groups excluding carboxylic acids is 1. The third-order valence-electron chi connectivity index (χ3n) is 2.05. The van der Waals surface area contributed by atoms with Crippen molar-refractivity contribution < 1.29 is 18.3 Å². The highest BCUT2D eigenvalue weighted by molar-refractivity contribution is 8.26. The van der Waals surface area contributed by atoms with Crippen molar-refractivity contribution in [2.45, 2.75) is 6.61 Å². The van der Waals surface area contributed by atoms with Crippen LogP contribution in [0.4, 0.5) is 8.78 Å². The van der Waals surface area contributed by atoms with E-state index in [1.807, 2.05) is 0 Å². The van der Waals surface area contributed by atoms with Gasteiger partial charge in [-0.2, -0.15) is 8.78 Å². The van der Waals surface area contributed by atoms with Crippen LogP contribution in [0.5, 0.6) is 5.75 Å². The molecular formula is C11H7F2NO2S2. The lowest BCUT2D eigenvalue weighted by atomic mass is 10.2. The summed E-state index contributed by atoms with van der Waals surface area (Å²) >= 11 is 6.01. The number of rotatable bonds is 3. The smallest absolute Gasteiger partial charge is 0.387 e. The molecule has 0 atom stereocenters. The van der Waals surface area contributed by atoms with Crippen molar-refractivity contribution in [2.24, 2.45) is 0 Å². The summed E-state index contributed by atoms with van der Waals surface area (Å²) in [4.78, 5) is 11.9. The second kappa shape index (κ2) is 5.45. The zero-order valence-electron chi connectivity index (χ0n) is 8.85. The first-order valence-electron chi connectivity index (χ1n) is 4.84. The predicted octanol–water partition coefficient (Wildman–Crippen LogP) is 2.78. The molecule has 1 N–H and O–H groups in total. The minimum atomic E-state index is -2.84. The summed E-state index contributed by atoms with van der Waals surface area (Å²) in [6.07, 6.45) is 1.63. The minimum absolute atomic E-state index is 0.0752. The number of alkyl halides is 2. The van der Waals surface area contributed by atoms with Crippen LogP contribution < -0.4 is 10.1 Å². The number of hydrogen-bond acceptors (Lipinski definition) is 4. The molecule has 18 heavy (non-hydrogen) atoms. The lowest BCUT2D eigenvalue weighted by Gasteiger charge is -2.03. The molecule has 0 spiro atoms. The largest absolute Gasteiger partial charge is 0.435 e. The molecule has 1 amide bonds. The van der Waals surface area contributed by atoms with E-state index >= 15 is 0 Å². The predicted molar refractivity (Wildman–Crippen MR) is 69.4 cm³/mol. The van der Waals surface area contributed by atoms with Crippen LogP contribution in [0.25, 0.3) is 6.08 Å². The quantitative estimate of drug-likeness (QED) is 0.685. The summed E-state index contributed by atoms with van der Waals surface area (Å²) in [5, 5.41) is 2.49. The summed E-state index contributed by atoms with van der Waals surface area (Å²) in [5.41, 5.74) is 0.707. The highest BCUT2D eigenvalue weighted by Gasteiger charge is 2.21. The van der Waals surface area contributed by atoms with Crippen LogP contribution in [0.2, 0.25) is 0 Å². The van der Waals surface area contributed by atoms with Gasteiger partial charge in [-0.1, -0.05) is 36.1 Å². The normalized spacial score (nSPS) is 17.4. The van der Waals surface area contributed by atoms with Crippen molar-refractivity contribution in [2.75, 3.05) is 0 Å². The molecule has 0 bridgehead atoms. The van der Waals surface area contributed by atoms with Gasteiger partial charge in [0.1, 0.15) is 10.1 Å². The Labute approximate surface area is 111 Å². The first-order chi connectivity index (χ1) is 8.54. The van der Waals surface area contributed by atoms with Crippen LogP contribution >= 0.6 is 24.0 Å². The second-order valence-corrected chi connectivity index (χ2v) is 5.02. The van der Waals surface area contributed by atoms with Gasteiger partial charge in [0, 0.05) is 0 Å². The van der Waals surface area contributed by atoms with Crippen LogP contribution in [0, 0.1) is 0 Å². The fourth-order valence-corrected chi connectivity index (χ4v) is 2.36. The molecule has 0 unspecified atom stereocenters. The Hall–Kier alpha value is -1.47. The van der Waals surface area contributed by atoms with Crippen molar-refractivity contribution >= 4 is 40.3 Å².